The maximum absolute atomic E-state index is 12.5. The molecule has 0 aliphatic rings. The van der Waals surface area contributed by atoms with Gasteiger partial charge in [-0.15, -0.1) is 0 Å². The molecule has 168 valence electrons. The van der Waals surface area contributed by atoms with Gasteiger partial charge < -0.3 is 10.1 Å². The predicted molar refractivity (Wildman–Crippen MR) is 130 cm³/mol. The number of fused-ring (bicyclic) bond motifs is 1. The molecule has 0 spiro atoms. The monoisotopic (exact) mass is 480 g/mol. The molecular weight excluding hydrogens is 460 g/mol. The zero-order valence-corrected chi connectivity index (χ0v) is 19.1. The Hall–Kier alpha value is -3.55. The molecule has 4 rings (SSSR count). The second kappa shape index (κ2) is 9.94. The van der Waals surface area contributed by atoms with E-state index in [0.717, 1.165) is 16.5 Å². The van der Waals surface area contributed by atoms with Gasteiger partial charge in [0.15, 0.2) is 0 Å². The largest absolute Gasteiger partial charge is 0.492 e. The summed E-state index contributed by atoms with van der Waals surface area (Å²) in [6, 6.07) is 26.2. The van der Waals surface area contributed by atoms with Crippen molar-refractivity contribution in [1.29, 1.82) is 0 Å². The predicted octanol–water partition coefficient (Wildman–Crippen LogP) is 5.10. The van der Waals surface area contributed by atoms with Crippen LogP contribution in [0.2, 0.25) is 5.02 Å². The Morgan fingerprint density at radius 1 is 0.848 bits per heavy atom. The molecule has 0 unspecified atom stereocenters. The number of anilines is 1. The number of carbonyl (C=O) groups excluding carboxylic acids is 1. The van der Waals surface area contributed by atoms with Crippen molar-refractivity contribution in [2.24, 2.45) is 0 Å². The highest BCUT2D eigenvalue weighted by Gasteiger charge is 2.16. The molecule has 4 aromatic carbocycles. The minimum absolute atomic E-state index is 0.134. The van der Waals surface area contributed by atoms with E-state index in [1.807, 2.05) is 42.5 Å². The Morgan fingerprint density at radius 3 is 2.33 bits per heavy atom. The van der Waals surface area contributed by atoms with Crippen LogP contribution in [0.5, 0.6) is 5.75 Å². The van der Waals surface area contributed by atoms with Gasteiger partial charge in [-0.05, 0) is 53.2 Å². The summed E-state index contributed by atoms with van der Waals surface area (Å²) in [7, 11) is -3.75. The van der Waals surface area contributed by atoms with Crippen LogP contribution in [-0.4, -0.2) is 27.5 Å². The number of halogens is 1. The number of hydrogen-bond acceptors (Lipinski definition) is 4. The lowest BCUT2D eigenvalue weighted by molar-refractivity contribution is 0.0947. The summed E-state index contributed by atoms with van der Waals surface area (Å²) < 4.78 is 33.1. The normalized spacial score (nSPS) is 11.2. The first-order valence-corrected chi connectivity index (χ1v) is 12.1. The molecule has 1 amide bonds. The number of rotatable bonds is 8. The van der Waals surface area contributed by atoms with Gasteiger partial charge in [-0.3, -0.25) is 9.52 Å². The first-order valence-electron chi connectivity index (χ1n) is 10.2. The Labute approximate surface area is 197 Å². The van der Waals surface area contributed by atoms with Crippen LogP contribution in [0.1, 0.15) is 10.4 Å². The second-order valence-corrected chi connectivity index (χ2v) is 9.32. The number of nitrogens with one attached hydrogen (secondary N) is 2. The van der Waals surface area contributed by atoms with Crippen LogP contribution >= 0.6 is 11.6 Å². The van der Waals surface area contributed by atoms with E-state index >= 15 is 0 Å². The summed E-state index contributed by atoms with van der Waals surface area (Å²) in [5.41, 5.74) is 0.505. The first kappa shape index (κ1) is 22.6. The minimum atomic E-state index is -3.75. The van der Waals surface area contributed by atoms with Crippen LogP contribution in [0.15, 0.2) is 95.9 Å². The van der Waals surface area contributed by atoms with Crippen molar-refractivity contribution in [3.8, 4) is 5.75 Å². The lowest BCUT2D eigenvalue weighted by atomic mass is 10.1. The summed E-state index contributed by atoms with van der Waals surface area (Å²) in [6.07, 6.45) is 0. The van der Waals surface area contributed by atoms with Gasteiger partial charge in [-0.2, -0.15) is 0 Å². The molecule has 4 aromatic rings. The van der Waals surface area contributed by atoms with Crippen LogP contribution in [0, 0.1) is 0 Å². The molecule has 8 heteroatoms. The molecule has 6 nitrogen and oxygen atoms in total. The van der Waals surface area contributed by atoms with Crippen LogP contribution in [0.3, 0.4) is 0 Å². The molecule has 0 saturated heterocycles. The number of amides is 1. The molecule has 33 heavy (non-hydrogen) atoms. The van der Waals surface area contributed by atoms with Crippen molar-refractivity contribution in [1.82, 2.24) is 5.32 Å². The summed E-state index contributed by atoms with van der Waals surface area (Å²) in [6.45, 7) is 0.570. The van der Waals surface area contributed by atoms with Gasteiger partial charge in [0.25, 0.3) is 15.9 Å². The van der Waals surface area contributed by atoms with Crippen molar-refractivity contribution in [3.63, 3.8) is 0 Å². The lowest BCUT2D eigenvalue weighted by Crippen LogP contribution is -2.28. The molecule has 0 radical (unpaired) electrons. The quantitative estimate of drug-likeness (QED) is 0.343. The summed E-state index contributed by atoms with van der Waals surface area (Å²) in [4.78, 5) is 12.6. The van der Waals surface area contributed by atoms with E-state index in [9.17, 15) is 13.2 Å². The van der Waals surface area contributed by atoms with Gasteiger partial charge in [0.2, 0.25) is 0 Å². The number of hydrogen-bond donors (Lipinski definition) is 2. The number of ether oxygens (including phenoxy) is 1. The van der Waals surface area contributed by atoms with Gasteiger partial charge >= 0.3 is 0 Å². The summed E-state index contributed by atoms with van der Waals surface area (Å²) in [5.74, 6) is 0.343. The van der Waals surface area contributed by atoms with Crippen molar-refractivity contribution in [3.05, 3.63) is 102 Å². The molecule has 0 bridgehead atoms. The molecular formula is C25H21ClN2O4S. The number of sulfonamides is 1. The van der Waals surface area contributed by atoms with E-state index in [-0.39, 0.29) is 40.2 Å². The Morgan fingerprint density at radius 2 is 1.58 bits per heavy atom. The Kier molecular flexibility index (Phi) is 6.82. The molecule has 0 atom stereocenters. The molecule has 0 aromatic heterocycles. The highest BCUT2D eigenvalue weighted by molar-refractivity contribution is 7.92. The summed E-state index contributed by atoms with van der Waals surface area (Å²) >= 11 is 6.24. The Balaban J connectivity index is 1.32. The molecule has 0 aliphatic heterocycles. The Bertz CT molecular complexity index is 1390. The minimum Gasteiger partial charge on any atom is -0.492 e. The van der Waals surface area contributed by atoms with E-state index in [4.69, 9.17) is 16.3 Å². The van der Waals surface area contributed by atoms with Gasteiger partial charge in [-0.1, -0.05) is 60.1 Å². The highest BCUT2D eigenvalue weighted by atomic mass is 35.5. The van der Waals surface area contributed by atoms with Gasteiger partial charge in [0.05, 0.1) is 27.7 Å². The average molecular weight is 481 g/mol. The smallest absolute Gasteiger partial charge is 0.261 e. The van der Waals surface area contributed by atoms with E-state index in [2.05, 4.69) is 10.0 Å². The van der Waals surface area contributed by atoms with Gasteiger partial charge in [-0.25, -0.2) is 8.42 Å². The van der Waals surface area contributed by atoms with Gasteiger partial charge in [0, 0.05) is 0 Å². The van der Waals surface area contributed by atoms with E-state index in [1.165, 1.54) is 30.3 Å². The zero-order chi connectivity index (χ0) is 23.3. The fourth-order valence-corrected chi connectivity index (χ4v) is 4.60. The van der Waals surface area contributed by atoms with E-state index in [1.54, 1.807) is 18.2 Å². The molecule has 0 saturated carbocycles. The van der Waals surface area contributed by atoms with Crippen LogP contribution in [0.25, 0.3) is 10.8 Å². The third-order valence-electron chi connectivity index (χ3n) is 4.90. The third kappa shape index (κ3) is 5.63. The SMILES string of the molecule is O=C(NCCOc1ccc2ccccc2c1)c1ccc(NS(=O)(=O)c2ccccc2)cc1Cl. The molecule has 2 N–H and O–H groups in total. The van der Waals surface area contributed by atoms with Crippen molar-refractivity contribution in [2.45, 2.75) is 4.90 Å². The van der Waals surface area contributed by atoms with Crippen LogP contribution in [0.4, 0.5) is 5.69 Å². The highest BCUT2D eigenvalue weighted by Crippen LogP contribution is 2.24. The van der Waals surface area contributed by atoms with Gasteiger partial charge in [0.1, 0.15) is 12.4 Å². The fourth-order valence-electron chi connectivity index (χ4n) is 3.26. The van der Waals surface area contributed by atoms with E-state index < -0.39 is 10.0 Å². The molecule has 0 fully saturated rings. The zero-order valence-electron chi connectivity index (χ0n) is 17.5. The summed E-state index contributed by atoms with van der Waals surface area (Å²) in [5, 5.41) is 5.09. The van der Waals surface area contributed by atoms with Crippen molar-refractivity contribution in [2.75, 3.05) is 17.9 Å². The second-order valence-electron chi connectivity index (χ2n) is 7.23. The molecule has 0 heterocycles. The topological polar surface area (TPSA) is 84.5 Å². The van der Waals surface area contributed by atoms with Crippen LogP contribution < -0.4 is 14.8 Å². The maximum atomic E-state index is 12.5. The fraction of sp³-hybridized carbons (Fsp3) is 0.0800. The number of benzene rings is 4. The lowest BCUT2D eigenvalue weighted by Gasteiger charge is -2.11. The maximum Gasteiger partial charge on any atom is 0.261 e. The first-order chi connectivity index (χ1) is 15.9. The third-order valence-corrected chi connectivity index (χ3v) is 6.61. The number of carbonyl (C=O) groups is 1. The van der Waals surface area contributed by atoms with Crippen molar-refractivity contribution < 1.29 is 17.9 Å². The van der Waals surface area contributed by atoms with Crippen molar-refractivity contribution >= 4 is 44.0 Å². The van der Waals surface area contributed by atoms with Crippen LogP contribution in [-0.2, 0) is 10.0 Å². The standard InChI is InChI=1S/C25H21ClN2O4S/c26-24-17-20(28-33(30,31)22-8-2-1-3-9-22)11-13-23(24)25(29)27-14-15-32-21-12-10-18-6-4-5-7-19(18)16-21/h1-13,16-17,28H,14-15H2,(H,27,29). The van der Waals surface area contributed by atoms with E-state index in [0.29, 0.717) is 0 Å². The average Bonchev–Trinajstić information content (AvgIpc) is 2.82. The molecule has 0 aliphatic carbocycles.